The maximum absolute atomic E-state index is 13.5. The van der Waals surface area contributed by atoms with Crippen LogP contribution in [0.15, 0.2) is 53.6 Å². The number of hydrogen-bond acceptors (Lipinski definition) is 6. The van der Waals surface area contributed by atoms with Gasteiger partial charge in [0.1, 0.15) is 11.6 Å². The zero-order chi connectivity index (χ0) is 23.3. The van der Waals surface area contributed by atoms with Crippen molar-refractivity contribution in [3.63, 3.8) is 0 Å². The van der Waals surface area contributed by atoms with E-state index in [4.69, 9.17) is 5.14 Å². The molecule has 0 spiro atoms. The highest BCUT2D eigenvalue weighted by atomic mass is 32.2. The van der Waals surface area contributed by atoms with Crippen molar-refractivity contribution in [2.45, 2.75) is 24.8 Å². The molecule has 32 heavy (non-hydrogen) atoms. The van der Waals surface area contributed by atoms with Crippen LogP contribution in [0.5, 0.6) is 0 Å². The Hall–Kier alpha value is -3.45. The molecular formula is C23H24FN5O2S. The van der Waals surface area contributed by atoms with Crippen LogP contribution >= 0.6 is 0 Å². The van der Waals surface area contributed by atoms with E-state index in [0.717, 1.165) is 0 Å². The number of anilines is 3. The van der Waals surface area contributed by atoms with Crippen molar-refractivity contribution in [1.82, 2.24) is 9.97 Å². The lowest BCUT2D eigenvalue weighted by molar-refractivity contribution is 0.281. The van der Waals surface area contributed by atoms with E-state index in [2.05, 4.69) is 38.3 Å². The minimum Gasteiger partial charge on any atom is -0.394 e. The van der Waals surface area contributed by atoms with Gasteiger partial charge < -0.3 is 15.7 Å². The SMILES string of the molecule is C=S(N)(=O)c1cccc(Nc2ncc(C#Cc3ccc(F)c(C)c3)c(N[C@H](C)CO)n2)c1. The zero-order valence-electron chi connectivity index (χ0n) is 17.7. The van der Waals surface area contributed by atoms with Crippen molar-refractivity contribution >= 4 is 33.0 Å². The van der Waals surface area contributed by atoms with E-state index < -0.39 is 9.71 Å². The molecule has 0 fully saturated rings. The largest absolute Gasteiger partial charge is 0.394 e. The zero-order valence-corrected chi connectivity index (χ0v) is 18.5. The summed E-state index contributed by atoms with van der Waals surface area (Å²) in [5, 5.41) is 21.2. The van der Waals surface area contributed by atoms with Crippen molar-refractivity contribution < 1.29 is 13.7 Å². The summed E-state index contributed by atoms with van der Waals surface area (Å²) in [5.41, 5.74) is 2.26. The Balaban J connectivity index is 1.93. The van der Waals surface area contributed by atoms with Gasteiger partial charge in [-0.15, -0.1) is 0 Å². The van der Waals surface area contributed by atoms with Crippen LogP contribution in [0.3, 0.4) is 0 Å². The fourth-order valence-corrected chi connectivity index (χ4v) is 3.34. The molecule has 166 valence electrons. The van der Waals surface area contributed by atoms with Gasteiger partial charge >= 0.3 is 0 Å². The second kappa shape index (κ2) is 9.78. The van der Waals surface area contributed by atoms with Crippen LogP contribution in [0.2, 0.25) is 0 Å². The normalized spacial score (nSPS) is 13.4. The molecule has 0 saturated carbocycles. The predicted octanol–water partition coefficient (Wildman–Crippen LogP) is 2.81. The summed E-state index contributed by atoms with van der Waals surface area (Å²) >= 11 is 0. The minimum atomic E-state index is -2.85. The second-order valence-electron chi connectivity index (χ2n) is 7.28. The highest BCUT2D eigenvalue weighted by Gasteiger charge is 2.10. The third kappa shape index (κ3) is 6.04. The third-order valence-corrected chi connectivity index (χ3v) is 5.49. The van der Waals surface area contributed by atoms with Crippen LogP contribution in [-0.2, 0) is 9.71 Å². The molecule has 3 aromatic rings. The van der Waals surface area contributed by atoms with Crippen molar-refractivity contribution in [2.75, 3.05) is 17.2 Å². The molecule has 9 heteroatoms. The molecule has 7 nitrogen and oxygen atoms in total. The molecule has 1 unspecified atom stereocenters. The van der Waals surface area contributed by atoms with E-state index in [1.807, 2.05) is 0 Å². The van der Waals surface area contributed by atoms with Crippen molar-refractivity contribution in [3.05, 3.63) is 71.2 Å². The van der Waals surface area contributed by atoms with Crippen molar-refractivity contribution in [1.29, 1.82) is 0 Å². The maximum atomic E-state index is 13.5. The fraction of sp³-hybridized carbons (Fsp3) is 0.174. The first-order chi connectivity index (χ1) is 15.2. The van der Waals surface area contributed by atoms with Gasteiger partial charge in [-0.3, -0.25) is 5.14 Å². The third-order valence-electron chi connectivity index (χ3n) is 4.43. The molecule has 2 aromatic carbocycles. The Kier molecular flexibility index (Phi) is 7.10. The smallest absolute Gasteiger partial charge is 0.229 e. The Labute approximate surface area is 187 Å². The molecule has 2 atom stereocenters. The summed E-state index contributed by atoms with van der Waals surface area (Å²) in [4.78, 5) is 9.16. The average molecular weight is 454 g/mol. The number of rotatable bonds is 6. The first-order valence-electron chi connectivity index (χ1n) is 9.70. The minimum absolute atomic E-state index is 0.104. The highest BCUT2D eigenvalue weighted by molar-refractivity contribution is 7.98. The summed E-state index contributed by atoms with van der Waals surface area (Å²) in [6, 6.07) is 11.1. The van der Waals surface area contributed by atoms with Gasteiger partial charge in [0.2, 0.25) is 5.95 Å². The first kappa shape index (κ1) is 23.2. The number of aromatic nitrogens is 2. The molecule has 0 amide bonds. The number of nitrogens with two attached hydrogens (primary N) is 1. The van der Waals surface area contributed by atoms with Gasteiger partial charge in [-0.25, -0.2) is 13.6 Å². The standard InChI is InChI=1S/C23H24FN5O2S/c1-15-11-17(8-10-21(15)24)7-9-18-13-26-23(29-22(18)27-16(2)14-30)28-19-5-4-6-20(12-19)32(3,25)31/h4-6,8,10-13,16,30H,3,14H2,1-2H3,(H2,25,31)(H2,26,27,28,29)/t16-,32?/m1/s1. The topological polar surface area (TPSA) is 113 Å². The monoisotopic (exact) mass is 453 g/mol. The van der Waals surface area contributed by atoms with E-state index in [1.165, 1.54) is 6.07 Å². The quantitative estimate of drug-likeness (QED) is 0.337. The number of benzene rings is 2. The van der Waals surface area contributed by atoms with E-state index in [1.54, 1.807) is 56.4 Å². The molecule has 0 aliphatic rings. The van der Waals surface area contributed by atoms with E-state index in [9.17, 15) is 13.7 Å². The van der Waals surface area contributed by atoms with Crippen LogP contribution in [0, 0.1) is 24.6 Å². The Bertz CT molecular complexity index is 1300. The number of nitrogens with one attached hydrogen (secondary N) is 2. The average Bonchev–Trinajstić information content (AvgIpc) is 2.75. The van der Waals surface area contributed by atoms with Crippen molar-refractivity contribution in [3.8, 4) is 11.8 Å². The summed E-state index contributed by atoms with van der Waals surface area (Å²) in [5.74, 6) is 9.87. The van der Waals surface area contributed by atoms with Crippen LogP contribution in [0.1, 0.15) is 23.6 Å². The van der Waals surface area contributed by atoms with Gasteiger partial charge in [0.05, 0.1) is 28.1 Å². The molecule has 3 rings (SSSR count). The number of aryl methyl sites for hydroxylation is 1. The van der Waals surface area contributed by atoms with Gasteiger partial charge in [-0.1, -0.05) is 17.9 Å². The van der Waals surface area contributed by atoms with Gasteiger partial charge in [0.25, 0.3) is 0 Å². The van der Waals surface area contributed by atoms with E-state index >= 15 is 0 Å². The summed E-state index contributed by atoms with van der Waals surface area (Å²) < 4.78 is 25.5. The second-order valence-corrected chi connectivity index (χ2v) is 9.20. The Morgan fingerprint density at radius 3 is 2.75 bits per heavy atom. The fourth-order valence-electron chi connectivity index (χ4n) is 2.70. The Morgan fingerprint density at radius 1 is 1.28 bits per heavy atom. The lowest BCUT2D eigenvalue weighted by atomic mass is 10.1. The van der Waals surface area contributed by atoms with Crippen molar-refractivity contribution in [2.24, 2.45) is 5.14 Å². The molecule has 0 bridgehead atoms. The summed E-state index contributed by atoms with van der Waals surface area (Å²) in [7, 11) is -2.85. The van der Waals surface area contributed by atoms with Gasteiger partial charge in [-0.2, -0.15) is 4.98 Å². The number of hydrogen-bond donors (Lipinski definition) is 4. The molecule has 1 heterocycles. The number of aliphatic hydroxyl groups excluding tert-OH is 1. The number of nitrogens with zero attached hydrogens (tertiary/aromatic N) is 2. The lowest BCUT2D eigenvalue weighted by Crippen LogP contribution is -2.21. The molecule has 1 aromatic heterocycles. The first-order valence-corrected chi connectivity index (χ1v) is 11.5. The van der Waals surface area contributed by atoms with E-state index in [-0.39, 0.29) is 24.4 Å². The lowest BCUT2D eigenvalue weighted by Gasteiger charge is -2.14. The van der Waals surface area contributed by atoms with Gasteiger partial charge in [0, 0.05) is 22.2 Å². The van der Waals surface area contributed by atoms with Gasteiger partial charge in [0.15, 0.2) is 0 Å². The Morgan fingerprint density at radius 2 is 2.06 bits per heavy atom. The molecule has 0 saturated heterocycles. The van der Waals surface area contributed by atoms with Crippen LogP contribution < -0.4 is 15.8 Å². The van der Waals surface area contributed by atoms with E-state index in [0.29, 0.717) is 33.1 Å². The number of aliphatic hydroxyl groups is 1. The number of halogens is 1. The highest BCUT2D eigenvalue weighted by Crippen LogP contribution is 2.20. The maximum Gasteiger partial charge on any atom is 0.229 e. The van der Waals surface area contributed by atoms with Crippen LogP contribution in [0.4, 0.5) is 21.8 Å². The summed E-state index contributed by atoms with van der Waals surface area (Å²) in [6.07, 6.45) is 1.54. The molecule has 0 radical (unpaired) electrons. The molecule has 0 aliphatic heterocycles. The van der Waals surface area contributed by atoms with Crippen LogP contribution in [0.25, 0.3) is 0 Å². The molecule has 5 N–H and O–H groups in total. The van der Waals surface area contributed by atoms with Crippen LogP contribution in [-0.4, -0.2) is 37.8 Å². The summed E-state index contributed by atoms with van der Waals surface area (Å²) in [6.45, 7) is 3.37. The predicted molar refractivity (Wildman–Crippen MR) is 127 cm³/mol. The molecular weight excluding hydrogens is 429 g/mol. The van der Waals surface area contributed by atoms with Gasteiger partial charge in [-0.05, 0) is 61.7 Å². The molecule has 0 aliphatic carbocycles.